The van der Waals surface area contributed by atoms with Gasteiger partial charge in [0.15, 0.2) is 11.2 Å². The lowest BCUT2D eigenvalue weighted by Crippen LogP contribution is -2.41. The summed E-state index contributed by atoms with van der Waals surface area (Å²) in [5, 5.41) is 26.1. The van der Waals surface area contributed by atoms with Crippen LogP contribution in [-0.2, 0) is 35.1 Å². The van der Waals surface area contributed by atoms with E-state index in [1.165, 1.54) is 18.3 Å². The Hall–Kier alpha value is -6.72. The van der Waals surface area contributed by atoms with Gasteiger partial charge in [-0.15, -0.1) is 0 Å². The van der Waals surface area contributed by atoms with Crippen LogP contribution >= 0.6 is 0 Å². The van der Waals surface area contributed by atoms with Gasteiger partial charge >= 0.3 is 12.1 Å². The first-order valence-corrected chi connectivity index (χ1v) is 19.6. The smallest absolute Gasteiger partial charge is 0.407 e. The van der Waals surface area contributed by atoms with Gasteiger partial charge in [-0.2, -0.15) is 4.98 Å². The molecule has 2 heterocycles. The second-order valence-corrected chi connectivity index (χ2v) is 13.1. The first-order chi connectivity index (χ1) is 29.5. The highest BCUT2D eigenvalue weighted by Gasteiger charge is 2.22. The summed E-state index contributed by atoms with van der Waals surface area (Å²) in [6, 6.07) is 4.99. The number of hydrogen-bond donors (Lipinski definition) is 9. The molecule has 0 saturated carbocycles. The van der Waals surface area contributed by atoms with E-state index < -0.39 is 40.4 Å². The number of anilines is 4. The van der Waals surface area contributed by atoms with E-state index in [1.54, 1.807) is 19.1 Å². The van der Waals surface area contributed by atoms with Crippen molar-refractivity contribution < 1.29 is 43.2 Å². The normalized spacial score (nSPS) is 11.5. The van der Waals surface area contributed by atoms with Gasteiger partial charge in [-0.25, -0.2) is 19.6 Å². The molecule has 330 valence electrons. The topological polar surface area (TPSA) is 329 Å². The number of carbonyl (C=O) groups excluding carboxylic acids is 3. The number of benzene rings is 1. The Labute approximate surface area is 348 Å². The van der Waals surface area contributed by atoms with Crippen LogP contribution in [0.15, 0.2) is 44.8 Å². The predicted molar refractivity (Wildman–Crippen MR) is 222 cm³/mol. The summed E-state index contributed by atoms with van der Waals surface area (Å²) in [6.07, 6.45) is 1.77. The molecule has 0 bridgehead atoms. The molecule has 23 heteroatoms. The second-order valence-electron chi connectivity index (χ2n) is 13.1. The first kappa shape index (κ1) is 47.0. The van der Waals surface area contributed by atoms with Gasteiger partial charge in [0, 0.05) is 57.1 Å². The number of nitrogens with two attached hydrogens (primary N) is 1. The summed E-state index contributed by atoms with van der Waals surface area (Å²) >= 11 is 0. The van der Waals surface area contributed by atoms with Gasteiger partial charge in [-0.05, 0) is 50.5 Å². The molecule has 0 fully saturated rings. The number of H-pyrrole nitrogens is 1. The quantitative estimate of drug-likeness (QED) is 0.0250. The largest absolute Gasteiger partial charge is 0.480 e. The van der Waals surface area contributed by atoms with Crippen molar-refractivity contribution in [3.8, 4) is 0 Å². The molecular weight excluding hydrogens is 802 g/mol. The fraction of sp³-hybridized carbons (Fsp3) is 0.474. The Balaban J connectivity index is 0.976. The maximum absolute atomic E-state index is 12.8. The summed E-state index contributed by atoms with van der Waals surface area (Å²) in [4.78, 5) is 98.7. The maximum Gasteiger partial charge on any atom is 0.407 e. The predicted octanol–water partition coefficient (Wildman–Crippen LogP) is -0.317. The summed E-state index contributed by atoms with van der Waals surface area (Å²) in [7, 11) is 0. The zero-order valence-electron chi connectivity index (χ0n) is 33.6. The number of amides is 3. The average Bonchev–Trinajstić information content (AvgIpc) is 3.24. The number of carbonyl (C=O) groups is 4. The van der Waals surface area contributed by atoms with E-state index in [0.29, 0.717) is 83.5 Å². The highest BCUT2D eigenvalue weighted by Crippen LogP contribution is 2.14. The molecule has 0 aliphatic carbocycles. The Bertz CT molecular complexity index is 2190. The molecule has 61 heavy (non-hydrogen) atoms. The van der Waals surface area contributed by atoms with E-state index in [4.69, 9.17) is 24.7 Å². The van der Waals surface area contributed by atoms with Crippen LogP contribution in [0.4, 0.5) is 27.8 Å². The van der Waals surface area contributed by atoms with E-state index in [0.717, 1.165) is 0 Å². The molecule has 2 aromatic heterocycles. The van der Waals surface area contributed by atoms with Gasteiger partial charge < -0.3 is 61.7 Å². The molecule has 0 aliphatic heterocycles. The van der Waals surface area contributed by atoms with E-state index in [1.807, 2.05) is 0 Å². The van der Waals surface area contributed by atoms with Crippen LogP contribution in [0.25, 0.3) is 11.2 Å². The lowest BCUT2D eigenvalue weighted by atomic mass is 10.1. The van der Waals surface area contributed by atoms with E-state index in [2.05, 4.69) is 51.8 Å². The summed E-state index contributed by atoms with van der Waals surface area (Å²) in [5.74, 6) is -2.31. The Morgan fingerprint density at radius 2 is 1.44 bits per heavy atom. The number of fused-ring (bicyclic) bond motifs is 1. The zero-order valence-corrected chi connectivity index (χ0v) is 33.6. The monoisotopic (exact) mass is 853 g/mol. The highest BCUT2D eigenvalue weighted by atomic mass is 16.6. The molecule has 3 amide bonds. The summed E-state index contributed by atoms with van der Waals surface area (Å²) < 4.78 is 21.4. The Kier molecular flexibility index (Phi) is 19.3. The van der Waals surface area contributed by atoms with Gasteiger partial charge in [0.25, 0.3) is 22.3 Å². The lowest BCUT2D eigenvalue weighted by molar-refractivity contribution is -0.139. The number of aromatic nitrogens is 4. The number of carboxylic acids is 1. The molecule has 1 atom stereocenters. The number of aliphatic carboxylic acids is 1. The number of carboxylic acid groups (broad SMARTS) is 1. The number of nitrogens with one attached hydrogen (secondary N) is 7. The van der Waals surface area contributed by atoms with E-state index in [9.17, 15) is 38.7 Å². The highest BCUT2D eigenvalue weighted by molar-refractivity contribution is 5.97. The van der Waals surface area contributed by atoms with Crippen LogP contribution in [0.3, 0.4) is 0 Å². The third-order valence-electron chi connectivity index (χ3n) is 8.54. The molecule has 4 rings (SSSR count). The molecule has 23 nitrogen and oxygen atoms in total. The SMILES string of the molecule is CCNC(=O)OCCNc1c(NCCCOCCOCCOCCCNC(=O)CC[C@H](NC(=O)c2ccc(NCc3cnc4nc(N)[nH]c(=O)c4n3)cc2)C(=O)O)c(=O)c1=O. The van der Waals surface area contributed by atoms with Gasteiger partial charge in [0.05, 0.1) is 44.9 Å². The summed E-state index contributed by atoms with van der Waals surface area (Å²) in [5.41, 5.74) is 5.65. The minimum Gasteiger partial charge on any atom is -0.480 e. The third-order valence-corrected chi connectivity index (χ3v) is 8.54. The van der Waals surface area contributed by atoms with Crippen LogP contribution in [0.1, 0.15) is 48.7 Å². The fourth-order valence-electron chi connectivity index (χ4n) is 5.43. The van der Waals surface area contributed by atoms with Gasteiger partial charge in [0.1, 0.15) is 24.0 Å². The van der Waals surface area contributed by atoms with Gasteiger partial charge in [-0.3, -0.25) is 29.0 Å². The molecule has 0 unspecified atom stereocenters. The molecular formula is C38H51N11O12. The van der Waals surface area contributed by atoms with Crippen molar-refractivity contribution in [3.05, 3.63) is 72.5 Å². The van der Waals surface area contributed by atoms with Crippen LogP contribution in [0, 0.1) is 0 Å². The first-order valence-electron chi connectivity index (χ1n) is 19.6. The Morgan fingerprint density at radius 1 is 0.803 bits per heavy atom. The number of rotatable bonds is 29. The van der Waals surface area contributed by atoms with Gasteiger partial charge in [0.2, 0.25) is 11.9 Å². The number of aromatic amines is 1. The summed E-state index contributed by atoms with van der Waals surface area (Å²) in [6.45, 7) is 5.52. The molecule has 2 aromatic carbocycles. The average molecular weight is 854 g/mol. The number of nitrogens with zero attached hydrogens (tertiary/aromatic N) is 3. The number of hydrogen-bond acceptors (Lipinski definition) is 18. The van der Waals surface area contributed by atoms with Crippen molar-refractivity contribution in [1.29, 1.82) is 0 Å². The number of alkyl carbamates (subject to hydrolysis) is 1. The van der Waals surface area contributed by atoms with Crippen molar-refractivity contribution in [1.82, 2.24) is 35.9 Å². The Morgan fingerprint density at radius 3 is 2.10 bits per heavy atom. The molecule has 0 radical (unpaired) electrons. The van der Waals surface area contributed by atoms with Crippen molar-refractivity contribution in [3.63, 3.8) is 0 Å². The van der Waals surface area contributed by atoms with Crippen LogP contribution < -0.4 is 54.1 Å². The third kappa shape index (κ3) is 15.8. The second kappa shape index (κ2) is 25.0. The molecule has 0 saturated heterocycles. The minimum absolute atomic E-state index is 0.0360. The van der Waals surface area contributed by atoms with Crippen molar-refractivity contribution >= 4 is 58.1 Å². The zero-order chi connectivity index (χ0) is 44.0. The fourth-order valence-corrected chi connectivity index (χ4v) is 5.43. The van der Waals surface area contributed by atoms with E-state index >= 15 is 0 Å². The lowest BCUT2D eigenvalue weighted by Gasteiger charge is -2.15. The van der Waals surface area contributed by atoms with Crippen LogP contribution in [0.2, 0.25) is 0 Å². The van der Waals surface area contributed by atoms with Gasteiger partial charge in [-0.1, -0.05) is 0 Å². The molecule has 0 aliphatic rings. The number of nitrogen functional groups attached to an aromatic ring is 1. The maximum atomic E-state index is 12.8. The molecule has 10 N–H and O–H groups in total. The van der Waals surface area contributed by atoms with Crippen LogP contribution in [-0.4, -0.2) is 127 Å². The standard InChI is InChI=1S/C38H51N11O12/c1-2-40-38(57)61-16-13-43-29-28(31(51)32(29)52)42-12-4-15-59-18-20-60-19-17-58-14-3-11-41-27(50)10-9-26(36(55)56)47-34(53)23-5-7-24(8-6-23)44-21-25-22-45-33-30(46-25)35(54)49-37(39)48-33/h5-8,22,26,42-44H,2-4,9-21H2,1H3,(H,40,57)(H,41,50)(H,47,53)(H,55,56)(H3,39,45,48,49,54)/t26-/m0/s1. The molecule has 4 aromatic rings. The molecule has 0 spiro atoms. The van der Waals surface area contributed by atoms with Crippen molar-refractivity contribution in [2.75, 3.05) is 94.1 Å². The number of ether oxygens (including phenoxy) is 4. The minimum atomic E-state index is -1.28. The van der Waals surface area contributed by atoms with Crippen LogP contribution in [0.5, 0.6) is 0 Å². The van der Waals surface area contributed by atoms with Crippen molar-refractivity contribution in [2.45, 2.75) is 45.2 Å². The van der Waals surface area contributed by atoms with Crippen molar-refractivity contribution in [2.24, 2.45) is 0 Å². The van der Waals surface area contributed by atoms with E-state index in [-0.39, 0.29) is 72.5 Å².